The van der Waals surface area contributed by atoms with Crippen molar-refractivity contribution in [2.45, 2.75) is 52.3 Å². The number of esters is 1. The van der Waals surface area contributed by atoms with Crippen LogP contribution in [0.3, 0.4) is 0 Å². The quantitative estimate of drug-likeness (QED) is 0.241. The van der Waals surface area contributed by atoms with Gasteiger partial charge in [-0.1, -0.05) is 37.3 Å². The molecule has 0 aromatic carbocycles. The molecular formula is C19H28F2N2O6. The van der Waals surface area contributed by atoms with Gasteiger partial charge in [-0.05, 0) is 32.3 Å². The molecular weight excluding hydrogens is 390 g/mol. The van der Waals surface area contributed by atoms with Gasteiger partial charge >= 0.3 is 18.7 Å². The van der Waals surface area contributed by atoms with E-state index in [-0.39, 0.29) is 13.0 Å². The molecule has 0 spiro atoms. The second-order valence-corrected chi connectivity index (χ2v) is 5.76. The van der Waals surface area contributed by atoms with Crippen molar-refractivity contribution in [2.24, 2.45) is 0 Å². The summed E-state index contributed by atoms with van der Waals surface area (Å²) < 4.78 is 33.7. The van der Waals surface area contributed by atoms with Crippen molar-refractivity contribution in [3.8, 4) is 0 Å². The van der Waals surface area contributed by atoms with Crippen molar-refractivity contribution >= 4 is 18.0 Å². The van der Waals surface area contributed by atoms with Crippen molar-refractivity contribution in [1.29, 1.82) is 0 Å². The molecule has 0 saturated carbocycles. The lowest BCUT2D eigenvalue weighted by molar-refractivity contribution is -0.150. The standard InChI is InChI=1S/C19H28F2N2O6/c1-4-7-10-14(17(25)28-11-13(8-5-2)9-6-3)22-16(24)15(23-19(26)27)12-29-18(20)21/h4-5,7-9,14-15,18,23H,6,10-12H2,1-3H3,(H,22,24)(H,26,27)/b7-4+,8-5-,13-9+/t14-,15-/m0/s1. The normalized spacial score (nSPS) is 14.2. The van der Waals surface area contributed by atoms with Crippen LogP contribution in [0.1, 0.15) is 33.6 Å². The number of nitrogens with one attached hydrogen (secondary N) is 2. The van der Waals surface area contributed by atoms with Crippen LogP contribution in [0.25, 0.3) is 0 Å². The third-order valence-electron chi connectivity index (χ3n) is 3.44. The Balaban J connectivity index is 5.17. The van der Waals surface area contributed by atoms with E-state index in [0.29, 0.717) is 0 Å². The molecule has 0 aromatic heterocycles. The van der Waals surface area contributed by atoms with Gasteiger partial charge in [0.05, 0.1) is 6.61 Å². The SMILES string of the molecule is C/C=C\C(=C/CC)COC(=O)[C@H](C/C=C/C)NC(=O)[C@H](COC(F)F)NC(=O)O. The predicted molar refractivity (Wildman–Crippen MR) is 102 cm³/mol. The lowest BCUT2D eigenvalue weighted by Crippen LogP contribution is -2.53. The molecule has 164 valence electrons. The number of halogens is 2. The van der Waals surface area contributed by atoms with Crippen LogP contribution >= 0.6 is 0 Å². The summed E-state index contributed by atoms with van der Waals surface area (Å²) in [5.74, 6) is -1.73. The van der Waals surface area contributed by atoms with E-state index in [0.717, 1.165) is 12.0 Å². The molecule has 29 heavy (non-hydrogen) atoms. The van der Waals surface area contributed by atoms with Crippen molar-refractivity contribution < 1.29 is 37.7 Å². The molecule has 10 heteroatoms. The van der Waals surface area contributed by atoms with Gasteiger partial charge in [0.2, 0.25) is 5.91 Å². The molecule has 0 saturated heterocycles. The smallest absolute Gasteiger partial charge is 0.405 e. The van der Waals surface area contributed by atoms with Gasteiger partial charge in [0.1, 0.15) is 18.7 Å². The zero-order valence-electron chi connectivity index (χ0n) is 16.7. The maximum atomic E-state index is 12.4. The zero-order chi connectivity index (χ0) is 22.2. The Labute approximate surface area is 168 Å². The molecule has 0 aliphatic rings. The minimum Gasteiger partial charge on any atom is -0.465 e. The first-order valence-electron chi connectivity index (χ1n) is 9.04. The molecule has 0 fully saturated rings. The maximum absolute atomic E-state index is 12.4. The highest BCUT2D eigenvalue weighted by Crippen LogP contribution is 2.05. The summed E-state index contributed by atoms with van der Waals surface area (Å²) in [5.41, 5.74) is 0.773. The summed E-state index contributed by atoms with van der Waals surface area (Å²) in [5, 5.41) is 12.9. The Kier molecular flexibility index (Phi) is 13.8. The number of amides is 2. The van der Waals surface area contributed by atoms with Gasteiger partial charge in [0, 0.05) is 0 Å². The van der Waals surface area contributed by atoms with E-state index in [4.69, 9.17) is 9.84 Å². The fraction of sp³-hybridized carbons (Fsp3) is 0.526. The fourth-order valence-electron chi connectivity index (χ4n) is 2.17. The largest absolute Gasteiger partial charge is 0.465 e. The van der Waals surface area contributed by atoms with Gasteiger partial charge in [-0.25, -0.2) is 9.59 Å². The van der Waals surface area contributed by atoms with E-state index in [1.807, 2.05) is 19.9 Å². The molecule has 0 radical (unpaired) electrons. The lowest BCUT2D eigenvalue weighted by Gasteiger charge is -2.21. The van der Waals surface area contributed by atoms with Gasteiger partial charge in [-0.3, -0.25) is 4.79 Å². The molecule has 0 bridgehead atoms. The second-order valence-electron chi connectivity index (χ2n) is 5.76. The first-order chi connectivity index (χ1) is 13.7. The van der Waals surface area contributed by atoms with E-state index in [2.05, 4.69) is 10.1 Å². The zero-order valence-corrected chi connectivity index (χ0v) is 16.7. The van der Waals surface area contributed by atoms with Crippen LogP contribution in [0.2, 0.25) is 0 Å². The molecule has 0 heterocycles. The second kappa shape index (κ2) is 15.2. The number of carboxylic acid groups (broad SMARTS) is 1. The monoisotopic (exact) mass is 418 g/mol. The van der Waals surface area contributed by atoms with Crippen LogP contribution in [0.4, 0.5) is 13.6 Å². The Hall–Kier alpha value is -2.75. The summed E-state index contributed by atoms with van der Waals surface area (Å²) in [6, 6.07) is -2.75. The highest BCUT2D eigenvalue weighted by atomic mass is 19.3. The summed E-state index contributed by atoms with van der Waals surface area (Å²) >= 11 is 0. The van der Waals surface area contributed by atoms with E-state index >= 15 is 0 Å². The predicted octanol–water partition coefficient (Wildman–Crippen LogP) is 2.77. The molecule has 8 nitrogen and oxygen atoms in total. The van der Waals surface area contributed by atoms with Crippen LogP contribution in [-0.2, 0) is 19.1 Å². The first kappa shape index (κ1) is 26.2. The van der Waals surface area contributed by atoms with Crippen molar-refractivity contribution in [2.75, 3.05) is 13.2 Å². The van der Waals surface area contributed by atoms with Crippen molar-refractivity contribution in [3.63, 3.8) is 0 Å². The minimum atomic E-state index is -3.18. The number of carbonyl (C=O) groups is 3. The van der Waals surface area contributed by atoms with Crippen LogP contribution in [0, 0.1) is 0 Å². The van der Waals surface area contributed by atoms with E-state index in [1.165, 1.54) is 0 Å². The lowest BCUT2D eigenvalue weighted by atomic mass is 10.1. The van der Waals surface area contributed by atoms with Crippen LogP contribution in [0.15, 0.2) is 36.0 Å². The maximum Gasteiger partial charge on any atom is 0.405 e. The molecule has 3 N–H and O–H groups in total. The Morgan fingerprint density at radius 1 is 1.10 bits per heavy atom. The van der Waals surface area contributed by atoms with E-state index in [9.17, 15) is 23.2 Å². The van der Waals surface area contributed by atoms with Crippen LogP contribution in [-0.4, -0.2) is 55.0 Å². The molecule has 2 amide bonds. The first-order valence-corrected chi connectivity index (χ1v) is 9.04. The Bertz CT molecular complexity index is 620. The van der Waals surface area contributed by atoms with Crippen LogP contribution in [0.5, 0.6) is 0 Å². The number of carbonyl (C=O) groups excluding carboxylic acids is 2. The Morgan fingerprint density at radius 3 is 2.31 bits per heavy atom. The number of hydrogen-bond donors (Lipinski definition) is 3. The average Bonchev–Trinajstić information content (AvgIpc) is 2.65. The van der Waals surface area contributed by atoms with E-state index in [1.54, 1.807) is 36.5 Å². The van der Waals surface area contributed by atoms with Crippen molar-refractivity contribution in [1.82, 2.24) is 10.6 Å². The highest BCUT2D eigenvalue weighted by molar-refractivity contribution is 5.89. The number of allylic oxidation sites excluding steroid dienone is 3. The van der Waals surface area contributed by atoms with Gasteiger partial charge in [-0.15, -0.1) is 0 Å². The van der Waals surface area contributed by atoms with Gasteiger partial charge in [0.25, 0.3) is 0 Å². The molecule has 0 rings (SSSR count). The molecule has 0 aromatic rings. The highest BCUT2D eigenvalue weighted by Gasteiger charge is 2.28. The van der Waals surface area contributed by atoms with Crippen molar-refractivity contribution in [3.05, 3.63) is 36.0 Å². The summed E-state index contributed by atoms with van der Waals surface area (Å²) in [7, 11) is 0. The van der Waals surface area contributed by atoms with Gasteiger partial charge in [-0.2, -0.15) is 8.78 Å². The number of rotatable bonds is 13. The number of alkyl halides is 2. The third kappa shape index (κ3) is 12.3. The third-order valence-corrected chi connectivity index (χ3v) is 3.44. The minimum absolute atomic E-state index is 0.00940. The molecule has 0 unspecified atom stereocenters. The molecule has 0 aliphatic heterocycles. The molecule has 2 atom stereocenters. The van der Waals surface area contributed by atoms with E-state index < -0.39 is 43.3 Å². The number of ether oxygens (including phenoxy) is 2. The summed E-state index contributed by atoms with van der Waals surface area (Å²) in [4.78, 5) is 35.5. The number of hydrogen-bond acceptors (Lipinski definition) is 5. The fourth-order valence-corrected chi connectivity index (χ4v) is 2.17. The molecule has 0 aliphatic carbocycles. The van der Waals surface area contributed by atoms with Crippen LogP contribution < -0.4 is 10.6 Å². The average molecular weight is 418 g/mol. The van der Waals surface area contributed by atoms with Gasteiger partial charge < -0.3 is 25.2 Å². The summed E-state index contributed by atoms with van der Waals surface area (Å²) in [6.45, 7) is 1.37. The summed E-state index contributed by atoms with van der Waals surface area (Å²) in [6.07, 6.45) is 7.93. The topological polar surface area (TPSA) is 114 Å². The Morgan fingerprint density at radius 2 is 1.79 bits per heavy atom. The van der Waals surface area contributed by atoms with Gasteiger partial charge in [0.15, 0.2) is 0 Å².